The number of carbonyl (C=O) groups excluding carboxylic acids is 2. The van der Waals surface area contributed by atoms with E-state index < -0.39 is 0 Å². The monoisotopic (exact) mass is 490 g/mol. The quantitative estimate of drug-likeness (QED) is 0.314. The molecule has 0 aromatic heterocycles. The lowest BCUT2D eigenvalue weighted by Crippen LogP contribution is -2.27. The van der Waals surface area contributed by atoms with Crippen molar-refractivity contribution in [1.82, 2.24) is 10.6 Å². The summed E-state index contributed by atoms with van der Waals surface area (Å²) in [5.41, 5.74) is 4.08. The standard InChI is InChI=1S/C30H38N2O4/c1-6-8-14-31-28(33)18-21-17-22(35-4)11-13-25(21)26-16-20(3)24-12-10-23(36-5)19-27(24)29(26)30(34)32-15-9-7-2/h10-13,16-17,19H,6-9,14-15,18H2,1-5H3,(H,31,33)(H,32,34). The van der Waals surface area contributed by atoms with Gasteiger partial charge in [0.2, 0.25) is 5.91 Å². The number of ether oxygens (including phenoxy) is 2. The van der Waals surface area contributed by atoms with E-state index in [9.17, 15) is 9.59 Å². The summed E-state index contributed by atoms with van der Waals surface area (Å²) >= 11 is 0. The van der Waals surface area contributed by atoms with Crippen molar-refractivity contribution in [2.45, 2.75) is 52.9 Å². The fraction of sp³-hybridized carbons (Fsp3) is 0.400. The SMILES string of the molecule is CCCCNC(=O)Cc1cc(OC)ccc1-c1cc(C)c2ccc(OC)cc2c1C(=O)NCCCC. The highest BCUT2D eigenvalue weighted by molar-refractivity contribution is 6.13. The van der Waals surface area contributed by atoms with Crippen molar-refractivity contribution in [3.8, 4) is 22.6 Å². The van der Waals surface area contributed by atoms with Crippen molar-refractivity contribution in [3.63, 3.8) is 0 Å². The molecule has 0 fully saturated rings. The predicted octanol–water partition coefficient (Wildman–Crippen LogP) is 5.82. The molecule has 192 valence electrons. The molecule has 0 atom stereocenters. The molecule has 2 N–H and O–H groups in total. The Morgan fingerprint density at radius 3 is 2.08 bits per heavy atom. The summed E-state index contributed by atoms with van der Waals surface area (Å²) < 4.78 is 11.0. The van der Waals surface area contributed by atoms with E-state index in [2.05, 4.69) is 24.5 Å². The molecule has 0 aliphatic heterocycles. The van der Waals surface area contributed by atoms with Crippen molar-refractivity contribution in [1.29, 1.82) is 0 Å². The Balaban J connectivity index is 2.20. The van der Waals surface area contributed by atoms with Crippen LogP contribution < -0.4 is 20.1 Å². The number of amides is 2. The Kier molecular flexibility index (Phi) is 9.74. The molecular formula is C30H38N2O4. The number of hydrogen-bond acceptors (Lipinski definition) is 4. The summed E-state index contributed by atoms with van der Waals surface area (Å²) in [4.78, 5) is 26.4. The number of methoxy groups -OCH3 is 2. The Labute approximate surface area is 214 Å². The topological polar surface area (TPSA) is 76.7 Å². The van der Waals surface area contributed by atoms with Crippen LogP contribution in [0.2, 0.25) is 0 Å². The van der Waals surface area contributed by atoms with Crippen LogP contribution in [0, 0.1) is 6.92 Å². The summed E-state index contributed by atoms with van der Waals surface area (Å²) in [6.45, 7) is 7.48. The van der Waals surface area contributed by atoms with Crippen LogP contribution in [0.3, 0.4) is 0 Å². The van der Waals surface area contributed by atoms with E-state index in [1.165, 1.54) is 0 Å². The van der Waals surface area contributed by atoms with Crippen molar-refractivity contribution in [2.75, 3.05) is 27.3 Å². The van der Waals surface area contributed by atoms with Crippen LogP contribution >= 0.6 is 0 Å². The lowest BCUT2D eigenvalue weighted by atomic mass is 9.87. The molecule has 3 aromatic carbocycles. The lowest BCUT2D eigenvalue weighted by Gasteiger charge is -2.19. The Morgan fingerprint density at radius 1 is 0.778 bits per heavy atom. The zero-order valence-electron chi connectivity index (χ0n) is 22.1. The van der Waals surface area contributed by atoms with Crippen molar-refractivity contribution in [3.05, 3.63) is 59.2 Å². The van der Waals surface area contributed by atoms with E-state index in [0.717, 1.165) is 58.7 Å². The smallest absolute Gasteiger partial charge is 0.252 e. The van der Waals surface area contributed by atoms with Gasteiger partial charge in [0.15, 0.2) is 0 Å². The molecule has 6 heteroatoms. The Hall–Kier alpha value is -3.54. The van der Waals surface area contributed by atoms with Gasteiger partial charge in [-0.05, 0) is 83.1 Å². The first-order chi connectivity index (χ1) is 17.4. The molecule has 3 aromatic rings. The minimum atomic E-state index is -0.133. The second-order valence-corrected chi connectivity index (χ2v) is 9.04. The molecule has 0 saturated heterocycles. The second-order valence-electron chi connectivity index (χ2n) is 9.04. The van der Waals surface area contributed by atoms with E-state index in [1.54, 1.807) is 14.2 Å². The fourth-order valence-corrected chi connectivity index (χ4v) is 4.38. The summed E-state index contributed by atoms with van der Waals surface area (Å²) in [6.07, 6.45) is 4.04. The van der Waals surface area contributed by atoms with Gasteiger partial charge in [0.1, 0.15) is 11.5 Å². The number of rotatable bonds is 12. The van der Waals surface area contributed by atoms with Gasteiger partial charge in [0.25, 0.3) is 5.91 Å². The number of hydrogen-bond donors (Lipinski definition) is 2. The van der Waals surface area contributed by atoms with Gasteiger partial charge in [-0.2, -0.15) is 0 Å². The second kappa shape index (κ2) is 13.0. The number of fused-ring (bicyclic) bond motifs is 1. The van der Waals surface area contributed by atoms with E-state index in [-0.39, 0.29) is 18.2 Å². The summed E-state index contributed by atoms with van der Waals surface area (Å²) in [6, 6.07) is 13.6. The van der Waals surface area contributed by atoms with Gasteiger partial charge in [0, 0.05) is 13.1 Å². The maximum Gasteiger partial charge on any atom is 0.252 e. The maximum absolute atomic E-state index is 13.6. The van der Waals surface area contributed by atoms with Gasteiger partial charge >= 0.3 is 0 Å². The molecule has 2 amide bonds. The van der Waals surface area contributed by atoms with Gasteiger partial charge in [0.05, 0.1) is 26.2 Å². The van der Waals surface area contributed by atoms with Gasteiger partial charge < -0.3 is 20.1 Å². The third kappa shape index (κ3) is 6.36. The highest BCUT2D eigenvalue weighted by atomic mass is 16.5. The molecule has 0 saturated carbocycles. The van der Waals surface area contributed by atoms with Crippen LogP contribution in [0.1, 0.15) is 61.0 Å². The Bertz CT molecular complexity index is 1220. The van der Waals surface area contributed by atoms with Crippen LogP contribution in [-0.2, 0) is 11.2 Å². The first-order valence-corrected chi connectivity index (χ1v) is 12.8. The minimum Gasteiger partial charge on any atom is -0.497 e. The van der Waals surface area contributed by atoms with Gasteiger partial charge in [-0.1, -0.05) is 38.8 Å². The molecule has 36 heavy (non-hydrogen) atoms. The molecule has 0 radical (unpaired) electrons. The zero-order chi connectivity index (χ0) is 26.1. The van der Waals surface area contributed by atoms with Crippen LogP contribution in [-0.4, -0.2) is 39.1 Å². The van der Waals surface area contributed by atoms with Gasteiger partial charge in [-0.3, -0.25) is 9.59 Å². The summed E-state index contributed by atoms with van der Waals surface area (Å²) in [7, 11) is 3.23. The fourth-order valence-electron chi connectivity index (χ4n) is 4.38. The number of benzene rings is 3. The number of aryl methyl sites for hydroxylation is 1. The average Bonchev–Trinajstić information content (AvgIpc) is 2.88. The van der Waals surface area contributed by atoms with Crippen LogP contribution in [0.4, 0.5) is 0 Å². The van der Waals surface area contributed by atoms with Crippen molar-refractivity contribution >= 4 is 22.6 Å². The third-order valence-corrected chi connectivity index (χ3v) is 6.40. The molecule has 6 nitrogen and oxygen atoms in total. The van der Waals surface area contributed by atoms with E-state index in [0.29, 0.717) is 30.2 Å². The van der Waals surface area contributed by atoms with Crippen LogP contribution in [0.5, 0.6) is 11.5 Å². The molecule has 0 aliphatic carbocycles. The maximum atomic E-state index is 13.6. The number of unbranched alkanes of at least 4 members (excludes halogenated alkanes) is 2. The van der Waals surface area contributed by atoms with E-state index in [4.69, 9.17) is 9.47 Å². The van der Waals surface area contributed by atoms with E-state index in [1.807, 2.05) is 49.4 Å². The predicted molar refractivity (Wildman–Crippen MR) is 146 cm³/mol. The number of carbonyl (C=O) groups is 2. The largest absolute Gasteiger partial charge is 0.497 e. The third-order valence-electron chi connectivity index (χ3n) is 6.40. The van der Waals surface area contributed by atoms with Crippen molar-refractivity contribution in [2.24, 2.45) is 0 Å². The summed E-state index contributed by atoms with van der Waals surface area (Å²) in [5.74, 6) is 1.17. The first kappa shape index (κ1) is 27.1. The first-order valence-electron chi connectivity index (χ1n) is 12.8. The highest BCUT2D eigenvalue weighted by Gasteiger charge is 2.22. The minimum absolute atomic E-state index is 0.0499. The van der Waals surface area contributed by atoms with Gasteiger partial charge in [-0.15, -0.1) is 0 Å². The normalized spacial score (nSPS) is 10.8. The lowest BCUT2D eigenvalue weighted by molar-refractivity contribution is -0.120. The molecule has 0 heterocycles. The van der Waals surface area contributed by atoms with Crippen LogP contribution in [0.15, 0.2) is 42.5 Å². The number of nitrogens with one attached hydrogen (secondary N) is 2. The van der Waals surface area contributed by atoms with Crippen molar-refractivity contribution < 1.29 is 19.1 Å². The zero-order valence-corrected chi connectivity index (χ0v) is 22.1. The van der Waals surface area contributed by atoms with E-state index >= 15 is 0 Å². The molecule has 3 rings (SSSR count). The Morgan fingerprint density at radius 2 is 1.42 bits per heavy atom. The molecule has 0 aliphatic rings. The van der Waals surface area contributed by atoms with Gasteiger partial charge in [-0.25, -0.2) is 0 Å². The molecular weight excluding hydrogens is 452 g/mol. The highest BCUT2D eigenvalue weighted by Crippen LogP contribution is 2.37. The molecule has 0 bridgehead atoms. The van der Waals surface area contributed by atoms with Crippen LogP contribution in [0.25, 0.3) is 21.9 Å². The molecule has 0 unspecified atom stereocenters. The molecule has 0 spiro atoms. The average molecular weight is 491 g/mol. The summed E-state index contributed by atoms with van der Waals surface area (Å²) in [5, 5.41) is 7.91.